The maximum Gasteiger partial charge on any atom is 0.242 e. The number of hydrogen-bond donors (Lipinski definition) is 1. The fraction of sp³-hybridized carbons (Fsp3) is 0.467. The van der Waals surface area contributed by atoms with Gasteiger partial charge in [0.15, 0.2) is 0 Å². The third-order valence-electron chi connectivity index (χ3n) is 3.66. The summed E-state index contributed by atoms with van der Waals surface area (Å²) in [5, 5.41) is 2.77. The summed E-state index contributed by atoms with van der Waals surface area (Å²) in [4.78, 5) is 25.5. The van der Waals surface area contributed by atoms with Crippen LogP contribution < -0.4 is 5.32 Å². The molecular formula is C15H20N2O2. The molecule has 1 heterocycles. The van der Waals surface area contributed by atoms with Crippen molar-refractivity contribution < 1.29 is 9.59 Å². The molecule has 1 fully saturated rings. The number of amides is 2. The van der Waals surface area contributed by atoms with E-state index in [1.807, 2.05) is 26.0 Å². The molecule has 4 nitrogen and oxygen atoms in total. The predicted molar refractivity (Wildman–Crippen MR) is 73.8 cm³/mol. The van der Waals surface area contributed by atoms with Gasteiger partial charge in [-0.3, -0.25) is 9.59 Å². The van der Waals surface area contributed by atoms with E-state index in [-0.39, 0.29) is 17.9 Å². The van der Waals surface area contributed by atoms with Gasteiger partial charge in [-0.2, -0.15) is 0 Å². The third kappa shape index (κ3) is 2.95. The zero-order valence-corrected chi connectivity index (χ0v) is 11.7. The summed E-state index contributed by atoms with van der Waals surface area (Å²) >= 11 is 0. The molecule has 1 unspecified atom stereocenters. The molecule has 19 heavy (non-hydrogen) atoms. The molecule has 2 amide bonds. The van der Waals surface area contributed by atoms with Crippen molar-refractivity contribution in [2.45, 2.75) is 33.2 Å². The first-order valence-corrected chi connectivity index (χ1v) is 6.62. The van der Waals surface area contributed by atoms with Crippen LogP contribution in [0.1, 0.15) is 23.6 Å². The summed E-state index contributed by atoms with van der Waals surface area (Å²) in [5.41, 5.74) is 3.36. The number of aryl methyl sites for hydroxylation is 2. The largest absolute Gasteiger partial charge is 0.353 e. The second-order valence-corrected chi connectivity index (χ2v) is 5.16. The van der Waals surface area contributed by atoms with E-state index in [9.17, 15) is 9.59 Å². The monoisotopic (exact) mass is 260 g/mol. The lowest BCUT2D eigenvalue weighted by Gasteiger charge is -2.33. The molecule has 0 aliphatic carbocycles. The van der Waals surface area contributed by atoms with Gasteiger partial charge in [0.05, 0.1) is 6.42 Å². The van der Waals surface area contributed by atoms with Gasteiger partial charge >= 0.3 is 0 Å². The average Bonchev–Trinajstić information content (AvgIpc) is 2.36. The van der Waals surface area contributed by atoms with Crippen LogP contribution in [0, 0.1) is 13.8 Å². The van der Waals surface area contributed by atoms with Gasteiger partial charge in [0.2, 0.25) is 11.8 Å². The van der Waals surface area contributed by atoms with E-state index in [4.69, 9.17) is 0 Å². The first-order chi connectivity index (χ1) is 8.99. The molecule has 0 saturated carbocycles. The van der Waals surface area contributed by atoms with Crippen molar-refractivity contribution in [3.05, 3.63) is 34.9 Å². The van der Waals surface area contributed by atoms with Gasteiger partial charge in [-0.1, -0.05) is 23.8 Å². The minimum atomic E-state index is -0.369. The Kier molecular flexibility index (Phi) is 3.88. The Labute approximate surface area is 113 Å². The average molecular weight is 260 g/mol. The van der Waals surface area contributed by atoms with Crippen molar-refractivity contribution in [3.63, 3.8) is 0 Å². The van der Waals surface area contributed by atoms with Crippen LogP contribution in [-0.2, 0) is 16.0 Å². The fourth-order valence-electron chi connectivity index (χ4n) is 2.43. The maximum atomic E-state index is 12.3. The second kappa shape index (κ2) is 5.43. The standard InChI is InChI=1S/C15H20N2O2/c1-10-4-5-13(11(2)8-10)9-14(18)17-7-6-16-15(19)12(17)3/h4-5,8,12H,6-7,9H2,1-3H3,(H,16,19). The zero-order valence-electron chi connectivity index (χ0n) is 11.7. The van der Waals surface area contributed by atoms with Gasteiger partial charge < -0.3 is 10.2 Å². The summed E-state index contributed by atoms with van der Waals surface area (Å²) in [5.74, 6) is -0.0467. The van der Waals surface area contributed by atoms with Crippen molar-refractivity contribution in [1.29, 1.82) is 0 Å². The number of hydrogen-bond acceptors (Lipinski definition) is 2. The molecule has 2 rings (SSSR count). The van der Waals surface area contributed by atoms with Crippen molar-refractivity contribution in [1.82, 2.24) is 10.2 Å². The lowest BCUT2D eigenvalue weighted by molar-refractivity contribution is -0.142. The SMILES string of the molecule is Cc1ccc(CC(=O)N2CCNC(=O)C2C)c(C)c1. The van der Waals surface area contributed by atoms with E-state index in [1.165, 1.54) is 5.56 Å². The Bertz CT molecular complexity index is 511. The van der Waals surface area contributed by atoms with Gasteiger partial charge in [-0.25, -0.2) is 0 Å². The number of nitrogens with zero attached hydrogens (tertiary/aromatic N) is 1. The number of benzene rings is 1. The van der Waals surface area contributed by atoms with Crippen LogP contribution in [0.3, 0.4) is 0 Å². The van der Waals surface area contributed by atoms with E-state index in [0.29, 0.717) is 19.5 Å². The highest BCUT2D eigenvalue weighted by molar-refractivity contribution is 5.89. The maximum absolute atomic E-state index is 12.3. The molecule has 1 aliphatic rings. The normalized spacial score (nSPS) is 19.2. The van der Waals surface area contributed by atoms with Crippen molar-refractivity contribution in [3.8, 4) is 0 Å². The molecule has 0 radical (unpaired) electrons. The molecule has 1 atom stereocenters. The number of carbonyl (C=O) groups excluding carboxylic acids is 2. The first kappa shape index (κ1) is 13.6. The molecule has 1 saturated heterocycles. The lowest BCUT2D eigenvalue weighted by atomic mass is 10.0. The smallest absolute Gasteiger partial charge is 0.242 e. The molecule has 1 N–H and O–H groups in total. The van der Waals surface area contributed by atoms with E-state index < -0.39 is 0 Å². The van der Waals surface area contributed by atoms with Crippen molar-refractivity contribution in [2.24, 2.45) is 0 Å². The number of carbonyl (C=O) groups is 2. The van der Waals surface area contributed by atoms with Crippen LogP contribution >= 0.6 is 0 Å². The molecule has 1 aromatic carbocycles. The quantitative estimate of drug-likeness (QED) is 0.868. The highest BCUT2D eigenvalue weighted by atomic mass is 16.2. The van der Waals surface area contributed by atoms with Gasteiger partial charge in [-0.15, -0.1) is 0 Å². The molecule has 102 valence electrons. The number of piperazine rings is 1. The van der Waals surface area contributed by atoms with Gasteiger partial charge in [0, 0.05) is 13.1 Å². The fourth-order valence-corrected chi connectivity index (χ4v) is 2.43. The Balaban J connectivity index is 2.10. The molecule has 0 bridgehead atoms. The molecule has 4 heteroatoms. The molecule has 1 aromatic rings. The highest BCUT2D eigenvalue weighted by Gasteiger charge is 2.29. The molecule has 0 spiro atoms. The van der Waals surface area contributed by atoms with E-state index in [2.05, 4.69) is 11.4 Å². The Morgan fingerprint density at radius 1 is 1.42 bits per heavy atom. The van der Waals surface area contributed by atoms with Crippen LogP contribution in [-0.4, -0.2) is 35.8 Å². The topological polar surface area (TPSA) is 49.4 Å². The predicted octanol–water partition coefficient (Wildman–Crippen LogP) is 1.19. The van der Waals surface area contributed by atoms with Crippen molar-refractivity contribution in [2.75, 3.05) is 13.1 Å². The number of nitrogens with one attached hydrogen (secondary N) is 1. The Morgan fingerprint density at radius 2 is 2.16 bits per heavy atom. The number of rotatable bonds is 2. The molecule has 0 aromatic heterocycles. The summed E-state index contributed by atoms with van der Waals surface area (Å²) < 4.78 is 0. The second-order valence-electron chi connectivity index (χ2n) is 5.16. The minimum Gasteiger partial charge on any atom is -0.353 e. The van der Waals surface area contributed by atoms with E-state index >= 15 is 0 Å². The summed E-state index contributed by atoms with van der Waals surface area (Å²) in [7, 11) is 0. The van der Waals surface area contributed by atoms with Gasteiger partial charge in [0.1, 0.15) is 6.04 Å². The van der Waals surface area contributed by atoms with Crippen LogP contribution in [0.4, 0.5) is 0 Å². The minimum absolute atomic E-state index is 0.0225. The van der Waals surface area contributed by atoms with Gasteiger partial charge in [-0.05, 0) is 31.9 Å². The lowest BCUT2D eigenvalue weighted by Crippen LogP contribution is -2.56. The van der Waals surface area contributed by atoms with E-state index in [1.54, 1.807) is 11.8 Å². The van der Waals surface area contributed by atoms with Crippen LogP contribution in [0.2, 0.25) is 0 Å². The summed E-state index contributed by atoms with van der Waals surface area (Å²) in [6.45, 7) is 6.96. The zero-order chi connectivity index (χ0) is 14.0. The van der Waals surface area contributed by atoms with E-state index in [0.717, 1.165) is 11.1 Å². The summed E-state index contributed by atoms with van der Waals surface area (Å²) in [6, 6.07) is 5.72. The molecule has 1 aliphatic heterocycles. The van der Waals surface area contributed by atoms with Crippen LogP contribution in [0.25, 0.3) is 0 Å². The first-order valence-electron chi connectivity index (χ1n) is 6.62. The Morgan fingerprint density at radius 3 is 2.84 bits per heavy atom. The third-order valence-corrected chi connectivity index (χ3v) is 3.66. The Hall–Kier alpha value is -1.84. The summed E-state index contributed by atoms with van der Waals surface area (Å²) in [6.07, 6.45) is 0.365. The van der Waals surface area contributed by atoms with Crippen LogP contribution in [0.15, 0.2) is 18.2 Å². The van der Waals surface area contributed by atoms with Crippen LogP contribution in [0.5, 0.6) is 0 Å². The van der Waals surface area contributed by atoms with Gasteiger partial charge in [0.25, 0.3) is 0 Å². The highest BCUT2D eigenvalue weighted by Crippen LogP contribution is 2.14. The molecular weight excluding hydrogens is 240 g/mol. The van der Waals surface area contributed by atoms with Crippen molar-refractivity contribution >= 4 is 11.8 Å².